The lowest BCUT2D eigenvalue weighted by atomic mass is 10.2. The van der Waals surface area contributed by atoms with Gasteiger partial charge in [-0.2, -0.15) is 4.68 Å². The van der Waals surface area contributed by atoms with Gasteiger partial charge in [0, 0.05) is 11.8 Å². The van der Waals surface area contributed by atoms with E-state index in [2.05, 4.69) is 22.4 Å². The van der Waals surface area contributed by atoms with E-state index in [1.54, 1.807) is 16.4 Å². The predicted octanol–water partition coefficient (Wildman–Crippen LogP) is 2.09. The van der Waals surface area contributed by atoms with Crippen LogP contribution < -0.4 is 9.47 Å². The van der Waals surface area contributed by atoms with E-state index in [1.165, 1.54) is 0 Å². The lowest BCUT2D eigenvalue weighted by Crippen LogP contribution is -2.15. The first-order chi connectivity index (χ1) is 11.3. The number of hydrogen-bond donors (Lipinski definition) is 0. The second-order valence-corrected chi connectivity index (χ2v) is 6.65. The Morgan fingerprint density at radius 3 is 2.91 bits per heavy atom. The fourth-order valence-electron chi connectivity index (χ4n) is 2.77. The molecule has 0 unspecified atom stereocenters. The van der Waals surface area contributed by atoms with Crippen LogP contribution >= 0.6 is 11.8 Å². The number of fused-ring (bicyclic) bond motifs is 1. The average molecular weight is 334 g/mol. The molecule has 8 heteroatoms. The fraction of sp³-hybridized carbons (Fsp3) is 0.533. The highest BCUT2D eigenvalue weighted by Crippen LogP contribution is 2.33. The largest absolute Gasteiger partial charge is 0.486 e. The van der Waals surface area contributed by atoms with Gasteiger partial charge in [-0.05, 0) is 42.3 Å². The third kappa shape index (κ3) is 3.13. The summed E-state index contributed by atoms with van der Waals surface area (Å²) in [5.41, 5.74) is 0.863. The summed E-state index contributed by atoms with van der Waals surface area (Å²) in [5.74, 6) is 2.35. The minimum atomic E-state index is 0.278. The maximum absolute atomic E-state index is 5.84. The SMILES string of the molecule is C[C@@H]1CC[C@@H](CSc2nnnn2-c2ccc3c(c2)OCCO3)O1. The van der Waals surface area contributed by atoms with Crippen LogP contribution in [0.2, 0.25) is 0 Å². The Bertz CT molecular complexity index is 693. The van der Waals surface area contributed by atoms with E-state index in [0.29, 0.717) is 19.3 Å². The highest BCUT2D eigenvalue weighted by atomic mass is 32.2. The molecule has 2 aliphatic rings. The molecular weight excluding hydrogens is 316 g/mol. The van der Waals surface area contributed by atoms with Gasteiger partial charge in [0.15, 0.2) is 11.5 Å². The number of rotatable bonds is 4. The van der Waals surface area contributed by atoms with Gasteiger partial charge < -0.3 is 14.2 Å². The standard InChI is InChI=1S/C15H18N4O3S/c1-10-2-4-12(22-10)9-23-15-16-17-18-19(15)11-3-5-13-14(8-11)21-7-6-20-13/h3,5,8,10,12H,2,4,6-7,9H2,1H3/t10-,12+/m1/s1. The van der Waals surface area contributed by atoms with Crippen molar-refractivity contribution in [1.82, 2.24) is 20.2 Å². The van der Waals surface area contributed by atoms with Crippen molar-refractivity contribution in [3.8, 4) is 17.2 Å². The van der Waals surface area contributed by atoms with Gasteiger partial charge in [-0.1, -0.05) is 11.8 Å². The van der Waals surface area contributed by atoms with Crippen LogP contribution in [0.4, 0.5) is 0 Å². The van der Waals surface area contributed by atoms with Crippen LogP contribution in [0.25, 0.3) is 5.69 Å². The van der Waals surface area contributed by atoms with Crippen molar-refractivity contribution in [2.45, 2.75) is 37.1 Å². The summed E-state index contributed by atoms with van der Waals surface area (Å²) in [6, 6.07) is 5.73. The van der Waals surface area contributed by atoms with Crippen LogP contribution in [-0.4, -0.2) is 51.4 Å². The third-order valence-corrected chi connectivity index (χ3v) is 4.98. The molecule has 23 heavy (non-hydrogen) atoms. The molecule has 2 aliphatic heterocycles. The van der Waals surface area contributed by atoms with Crippen LogP contribution in [0.1, 0.15) is 19.8 Å². The molecule has 2 aromatic rings. The molecule has 0 spiro atoms. The number of nitrogens with zero attached hydrogens (tertiary/aromatic N) is 4. The highest BCUT2D eigenvalue weighted by Gasteiger charge is 2.23. The zero-order valence-electron chi connectivity index (χ0n) is 12.8. The molecule has 7 nitrogen and oxygen atoms in total. The Morgan fingerprint density at radius 1 is 1.22 bits per heavy atom. The molecule has 0 bridgehead atoms. The Morgan fingerprint density at radius 2 is 2.09 bits per heavy atom. The van der Waals surface area contributed by atoms with Crippen LogP contribution in [0.5, 0.6) is 11.5 Å². The molecule has 1 aromatic heterocycles. The van der Waals surface area contributed by atoms with E-state index in [-0.39, 0.29) is 6.10 Å². The van der Waals surface area contributed by atoms with Gasteiger partial charge in [0.1, 0.15) is 13.2 Å². The summed E-state index contributed by atoms with van der Waals surface area (Å²) >= 11 is 1.62. The van der Waals surface area contributed by atoms with E-state index >= 15 is 0 Å². The van der Waals surface area contributed by atoms with Crippen molar-refractivity contribution >= 4 is 11.8 Å². The normalized spacial score (nSPS) is 23.2. The van der Waals surface area contributed by atoms with Crippen molar-refractivity contribution in [3.05, 3.63) is 18.2 Å². The molecule has 4 rings (SSSR count). The van der Waals surface area contributed by atoms with E-state index in [9.17, 15) is 0 Å². The summed E-state index contributed by atoms with van der Waals surface area (Å²) in [7, 11) is 0. The monoisotopic (exact) mass is 334 g/mol. The fourth-order valence-corrected chi connectivity index (χ4v) is 3.71. The first kappa shape index (κ1) is 14.8. The minimum Gasteiger partial charge on any atom is -0.486 e. The minimum absolute atomic E-state index is 0.278. The van der Waals surface area contributed by atoms with Gasteiger partial charge in [-0.15, -0.1) is 5.10 Å². The smallest absolute Gasteiger partial charge is 0.214 e. The molecule has 0 radical (unpaired) electrons. The number of tetrazole rings is 1. The highest BCUT2D eigenvalue weighted by molar-refractivity contribution is 7.99. The second kappa shape index (κ2) is 6.37. The summed E-state index contributed by atoms with van der Waals surface area (Å²) in [4.78, 5) is 0. The Balaban J connectivity index is 1.50. The lowest BCUT2D eigenvalue weighted by molar-refractivity contribution is 0.0699. The van der Waals surface area contributed by atoms with Crippen molar-refractivity contribution in [1.29, 1.82) is 0 Å². The molecule has 1 aromatic carbocycles. The van der Waals surface area contributed by atoms with Gasteiger partial charge in [0.2, 0.25) is 5.16 Å². The second-order valence-electron chi connectivity index (χ2n) is 5.66. The summed E-state index contributed by atoms with van der Waals surface area (Å²) in [6.45, 7) is 3.26. The van der Waals surface area contributed by atoms with Gasteiger partial charge in [0.05, 0.1) is 17.9 Å². The predicted molar refractivity (Wildman–Crippen MR) is 84.4 cm³/mol. The first-order valence-corrected chi connectivity index (χ1v) is 8.75. The summed E-state index contributed by atoms with van der Waals surface area (Å²) in [5, 5.41) is 12.8. The number of benzene rings is 1. The maximum atomic E-state index is 5.84. The molecule has 2 atom stereocenters. The van der Waals surface area contributed by atoms with Crippen LogP contribution in [0.15, 0.2) is 23.4 Å². The quantitative estimate of drug-likeness (QED) is 0.793. The third-order valence-electron chi connectivity index (χ3n) is 3.93. The van der Waals surface area contributed by atoms with Gasteiger partial charge in [-0.3, -0.25) is 0 Å². The van der Waals surface area contributed by atoms with E-state index in [1.807, 2.05) is 18.2 Å². The topological polar surface area (TPSA) is 71.3 Å². The van der Waals surface area contributed by atoms with Gasteiger partial charge >= 0.3 is 0 Å². The van der Waals surface area contributed by atoms with Crippen molar-refractivity contribution in [3.63, 3.8) is 0 Å². The number of ether oxygens (including phenoxy) is 3. The van der Waals surface area contributed by atoms with Crippen molar-refractivity contribution < 1.29 is 14.2 Å². The first-order valence-electron chi connectivity index (χ1n) is 7.76. The molecule has 0 N–H and O–H groups in total. The Labute approximate surface area is 138 Å². The number of thioether (sulfide) groups is 1. The summed E-state index contributed by atoms with van der Waals surface area (Å²) in [6.07, 6.45) is 2.85. The van der Waals surface area contributed by atoms with E-state index in [4.69, 9.17) is 14.2 Å². The molecule has 3 heterocycles. The summed E-state index contributed by atoms with van der Waals surface area (Å²) < 4.78 is 18.7. The molecule has 1 fully saturated rings. The number of hydrogen-bond acceptors (Lipinski definition) is 7. The zero-order valence-corrected chi connectivity index (χ0v) is 13.7. The van der Waals surface area contributed by atoms with Crippen LogP contribution in [0, 0.1) is 0 Å². The van der Waals surface area contributed by atoms with Crippen molar-refractivity contribution in [2.24, 2.45) is 0 Å². The van der Waals surface area contributed by atoms with E-state index in [0.717, 1.165) is 40.9 Å². The molecule has 1 saturated heterocycles. The molecule has 0 aliphatic carbocycles. The van der Waals surface area contributed by atoms with Crippen molar-refractivity contribution in [2.75, 3.05) is 19.0 Å². The molecule has 0 amide bonds. The van der Waals surface area contributed by atoms with E-state index < -0.39 is 0 Å². The van der Waals surface area contributed by atoms with Gasteiger partial charge in [0.25, 0.3) is 0 Å². The zero-order chi connectivity index (χ0) is 15.6. The molecule has 122 valence electrons. The molecule has 0 saturated carbocycles. The van der Waals surface area contributed by atoms with Gasteiger partial charge in [-0.25, -0.2) is 0 Å². The lowest BCUT2D eigenvalue weighted by Gasteiger charge is -2.18. The van der Waals surface area contributed by atoms with Crippen LogP contribution in [-0.2, 0) is 4.74 Å². The average Bonchev–Trinajstić information content (AvgIpc) is 3.21. The molecular formula is C15H18N4O3S. The number of aromatic nitrogens is 4. The Hall–Kier alpha value is -1.80. The van der Waals surface area contributed by atoms with Crippen LogP contribution in [0.3, 0.4) is 0 Å². The maximum Gasteiger partial charge on any atom is 0.214 e. The Kier molecular flexibility index (Phi) is 4.09.